The lowest BCUT2D eigenvalue weighted by molar-refractivity contribution is 0.394. The van der Waals surface area contributed by atoms with Crippen LogP contribution in [0.2, 0.25) is 0 Å². The quantitative estimate of drug-likeness (QED) is 0.597. The van der Waals surface area contributed by atoms with Crippen LogP contribution in [0.1, 0.15) is 11.1 Å². The van der Waals surface area contributed by atoms with Crippen LogP contribution >= 0.6 is 12.2 Å². The zero-order chi connectivity index (χ0) is 19.8. The lowest BCUT2D eigenvalue weighted by atomic mass is 10.2. The van der Waals surface area contributed by atoms with Crippen molar-refractivity contribution in [2.24, 2.45) is 0 Å². The molecule has 1 N–H and O–H groups in total. The fraction of sp³-hybridized carbons (Fsp3) is 0.182. The van der Waals surface area contributed by atoms with Gasteiger partial charge in [-0.1, -0.05) is 30.3 Å². The number of hydrogen-bond donors (Lipinski definition) is 1. The van der Waals surface area contributed by atoms with Crippen molar-refractivity contribution in [1.82, 2.24) is 9.88 Å². The Morgan fingerprint density at radius 1 is 0.893 bits per heavy atom. The second kappa shape index (κ2) is 9.71. The summed E-state index contributed by atoms with van der Waals surface area (Å²) in [7, 11) is 3.25. The Labute approximate surface area is 170 Å². The van der Waals surface area contributed by atoms with Crippen LogP contribution in [0, 0.1) is 0 Å². The number of ether oxygens (including phenoxy) is 2. The van der Waals surface area contributed by atoms with Gasteiger partial charge in [0, 0.05) is 49.4 Å². The molecule has 0 aliphatic heterocycles. The summed E-state index contributed by atoms with van der Waals surface area (Å²) < 4.78 is 10.7. The van der Waals surface area contributed by atoms with Crippen molar-refractivity contribution in [3.63, 3.8) is 0 Å². The highest BCUT2D eigenvalue weighted by molar-refractivity contribution is 7.80. The van der Waals surface area contributed by atoms with Gasteiger partial charge >= 0.3 is 0 Å². The molecule has 2 aromatic carbocycles. The summed E-state index contributed by atoms with van der Waals surface area (Å²) in [5.41, 5.74) is 3.14. The maximum Gasteiger partial charge on any atom is 0.174 e. The fourth-order valence-electron chi connectivity index (χ4n) is 2.79. The van der Waals surface area contributed by atoms with Gasteiger partial charge in [0.05, 0.1) is 14.2 Å². The number of pyridine rings is 1. The first-order valence-electron chi connectivity index (χ1n) is 8.90. The topological polar surface area (TPSA) is 46.6 Å². The highest BCUT2D eigenvalue weighted by atomic mass is 32.1. The van der Waals surface area contributed by atoms with Gasteiger partial charge in [-0.15, -0.1) is 0 Å². The number of nitrogens with one attached hydrogen (secondary N) is 1. The van der Waals surface area contributed by atoms with Crippen molar-refractivity contribution >= 4 is 23.0 Å². The second-order valence-electron chi connectivity index (χ2n) is 6.23. The number of rotatable bonds is 7. The second-order valence-corrected chi connectivity index (χ2v) is 6.62. The summed E-state index contributed by atoms with van der Waals surface area (Å²) in [5.74, 6) is 1.40. The number of nitrogens with zero attached hydrogens (tertiary/aromatic N) is 2. The zero-order valence-corrected chi connectivity index (χ0v) is 16.8. The van der Waals surface area contributed by atoms with E-state index in [0.717, 1.165) is 11.3 Å². The number of thiocarbonyl (C=S) groups is 1. The maximum atomic E-state index is 5.73. The van der Waals surface area contributed by atoms with E-state index >= 15 is 0 Å². The van der Waals surface area contributed by atoms with Gasteiger partial charge in [-0.3, -0.25) is 4.98 Å². The van der Waals surface area contributed by atoms with E-state index < -0.39 is 0 Å². The van der Waals surface area contributed by atoms with Crippen molar-refractivity contribution in [3.8, 4) is 11.5 Å². The molecule has 5 nitrogen and oxygen atoms in total. The fourth-order valence-corrected chi connectivity index (χ4v) is 3.04. The summed E-state index contributed by atoms with van der Waals surface area (Å²) in [6, 6.07) is 19.9. The first kappa shape index (κ1) is 19.6. The Morgan fingerprint density at radius 3 is 2.04 bits per heavy atom. The summed E-state index contributed by atoms with van der Waals surface area (Å²) in [5, 5.41) is 3.93. The largest absolute Gasteiger partial charge is 0.497 e. The van der Waals surface area contributed by atoms with E-state index in [-0.39, 0.29) is 0 Å². The molecule has 0 saturated carbocycles. The van der Waals surface area contributed by atoms with E-state index in [2.05, 4.69) is 27.3 Å². The molecule has 0 unspecified atom stereocenters. The summed E-state index contributed by atoms with van der Waals surface area (Å²) >= 11 is 5.73. The minimum atomic E-state index is 0.621. The molecule has 28 heavy (non-hydrogen) atoms. The molecule has 6 heteroatoms. The number of aromatic nitrogens is 1. The van der Waals surface area contributed by atoms with Crippen molar-refractivity contribution in [2.45, 2.75) is 13.1 Å². The van der Waals surface area contributed by atoms with Gasteiger partial charge in [0.2, 0.25) is 0 Å². The molecular weight excluding hydrogens is 370 g/mol. The molecule has 3 aromatic rings. The molecule has 0 amide bonds. The molecule has 1 heterocycles. The van der Waals surface area contributed by atoms with E-state index in [9.17, 15) is 0 Å². The molecule has 1 aromatic heterocycles. The predicted molar refractivity (Wildman–Crippen MR) is 116 cm³/mol. The van der Waals surface area contributed by atoms with Gasteiger partial charge in [-0.2, -0.15) is 0 Å². The van der Waals surface area contributed by atoms with E-state index in [1.54, 1.807) is 26.6 Å². The molecule has 0 atom stereocenters. The van der Waals surface area contributed by atoms with Crippen LogP contribution in [0.3, 0.4) is 0 Å². The normalized spacial score (nSPS) is 10.2. The Morgan fingerprint density at radius 2 is 1.46 bits per heavy atom. The minimum Gasteiger partial charge on any atom is -0.497 e. The Hall–Kier alpha value is -3.12. The van der Waals surface area contributed by atoms with E-state index in [0.29, 0.717) is 29.7 Å². The Balaban J connectivity index is 1.81. The van der Waals surface area contributed by atoms with Crippen LogP contribution in [0.25, 0.3) is 0 Å². The standard InChI is InChI=1S/C22H23N3O2S/c1-26-20-12-19(13-21(14-20)27-2)24-22(28)25(15-17-6-4-3-5-7-17)16-18-8-10-23-11-9-18/h3-14H,15-16H2,1-2H3,(H,24,28). The van der Waals surface area contributed by atoms with Crippen molar-refractivity contribution in [3.05, 3.63) is 84.2 Å². The van der Waals surface area contributed by atoms with Gasteiger partial charge < -0.3 is 19.7 Å². The zero-order valence-electron chi connectivity index (χ0n) is 16.0. The SMILES string of the molecule is COc1cc(NC(=S)N(Cc2ccccc2)Cc2ccncc2)cc(OC)c1. The summed E-state index contributed by atoms with van der Waals surface area (Å²) in [4.78, 5) is 6.21. The van der Waals surface area contributed by atoms with Crippen LogP contribution in [-0.4, -0.2) is 29.2 Å². The van der Waals surface area contributed by atoms with Gasteiger partial charge in [-0.25, -0.2) is 0 Å². The molecule has 144 valence electrons. The Kier molecular flexibility index (Phi) is 6.81. The van der Waals surface area contributed by atoms with Gasteiger partial charge in [0.25, 0.3) is 0 Å². The van der Waals surface area contributed by atoms with Gasteiger partial charge in [0.15, 0.2) is 5.11 Å². The highest BCUT2D eigenvalue weighted by Crippen LogP contribution is 2.26. The molecular formula is C22H23N3O2S. The minimum absolute atomic E-state index is 0.621. The average molecular weight is 394 g/mol. The van der Waals surface area contributed by atoms with Crippen molar-refractivity contribution in [1.29, 1.82) is 0 Å². The van der Waals surface area contributed by atoms with Gasteiger partial charge in [-0.05, 0) is 35.5 Å². The highest BCUT2D eigenvalue weighted by Gasteiger charge is 2.13. The third-order valence-corrected chi connectivity index (χ3v) is 4.59. The number of methoxy groups -OCH3 is 2. The first-order valence-corrected chi connectivity index (χ1v) is 9.30. The lowest BCUT2D eigenvalue weighted by Gasteiger charge is -2.26. The van der Waals surface area contributed by atoms with Crippen LogP contribution in [0.4, 0.5) is 5.69 Å². The Bertz CT molecular complexity index is 840. The molecule has 0 bridgehead atoms. The van der Waals surface area contributed by atoms with Gasteiger partial charge in [0.1, 0.15) is 11.5 Å². The predicted octanol–water partition coefficient (Wildman–Crippen LogP) is 4.50. The third kappa shape index (κ3) is 5.44. The van der Waals surface area contributed by atoms with Crippen LogP contribution in [0.5, 0.6) is 11.5 Å². The molecule has 0 aliphatic carbocycles. The summed E-state index contributed by atoms with van der Waals surface area (Å²) in [6.07, 6.45) is 3.58. The monoisotopic (exact) mass is 393 g/mol. The number of anilines is 1. The smallest absolute Gasteiger partial charge is 0.174 e. The summed E-state index contributed by atoms with van der Waals surface area (Å²) in [6.45, 7) is 1.36. The third-order valence-electron chi connectivity index (χ3n) is 4.23. The van der Waals surface area contributed by atoms with Crippen molar-refractivity contribution in [2.75, 3.05) is 19.5 Å². The van der Waals surface area contributed by atoms with E-state index in [1.165, 1.54) is 5.56 Å². The van der Waals surface area contributed by atoms with Crippen LogP contribution in [-0.2, 0) is 13.1 Å². The number of benzene rings is 2. The number of hydrogen-bond acceptors (Lipinski definition) is 4. The molecule has 3 rings (SSSR count). The average Bonchev–Trinajstić information content (AvgIpc) is 2.74. The molecule has 0 radical (unpaired) electrons. The van der Waals surface area contributed by atoms with E-state index in [4.69, 9.17) is 21.7 Å². The lowest BCUT2D eigenvalue weighted by Crippen LogP contribution is -2.33. The van der Waals surface area contributed by atoms with Crippen molar-refractivity contribution < 1.29 is 9.47 Å². The molecule has 0 aliphatic rings. The van der Waals surface area contributed by atoms with Crippen LogP contribution < -0.4 is 14.8 Å². The van der Waals surface area contributed by atoms with Crippen LogP contribution in [0.15, 0.2) is 73.1 Å². The maximum absolute atomic E-state index is 5.73. The van der Waals surface area contributed by atoms with E-state index in [1.807, 2.05) is 48.5 Å². The molecule has 0 saturated heterocycles. The molecule has 0 fully saturated rings. The molecule has 0 spiro atoms. The first-order chi connectivity index (χ1) is 13.7.